The topological polar surface area (TPSA) is 81.7 Å². The van der Waals surface area contributed by atoms with Crippen molar-refractivity contribution in [1.29, 1.82) is 0 Å². The van der Waals surface area contributed by atoms with Gasteiger partial charge in [-0.2, -0.15) is 4.72 Å². The average Bonchev–Trinajstić information content (AvgIpc) is 2.37. The molecule has 1 aromatic rings. The minimum Gasteiger partial charge on any atom is -0.491 e. The summed E-state index contributed by atoms with van der Waals surface area (Å²) in [7, 11) is -2.55. The summed E-state index contributed by atoms with van der Waals surface area (Å²) < 4.78 is 36.0. The molecule has 0 aliphatic rings. The molecule has 0 fully saturated rings. The van der Waals surface area contributed by atoms with E-state index in [2.05, 4.69) is 9.46 Å². The molecule has 1 N–H and O–H groups in total. The van der Waals surface area contributed by atoms with Crippen LogP contribution < -0.4 is 9.46 Å². The average molecular weight is 301 g/mol. The standard InChI is InChI=1S/C13H19NO5S/c1-9(2)19-12-6-5-11(7-10(12)3)20(16,17)14-8-13(15)18-4/h5-7,9,14H,8H2,1-4H3. The van der Waals surface area contributed by atoms with Crippen molar-refractivity contribution in [2.75, 3.05) is 13.7 Å². The highest BCUT2D eigenvalue weighted by atomic mass is 32.2. The molecule has 1 aromatic carbocycles. The van der Waals surface area contributed by atoms with Crippen LogP contribution in [0.4, 0.5) is 0 Å². The Bertz CT molecular complexity index is 580. The molecule has 0 aliphatic carbocycles. The van der Waals surface area contributed by atoms with E-state index in [0.29, 0.717) is 11.3 Å². The summed E-state index contributed by atoms with van der Waals surface area (Å²) in [5.74, 6) is -0.0167. The number of benzene rings is 1. The van der Waals surface area contributed by atoms with Gasteiger partial charge in [-0.3, -0.25) is 4.79 Å². The van der Waals surface area contributed by atoms with Crippen molar-refractivity contribution < 1.29 is 22.7 Å². The van der Waals surface area contributed by atoms with Crippen LogP contribution in [0, 0.1) is 6.92 Å². The van der Waals surface area contributed by atoms with Gasteiger partial charge in [-0.05, 0) is 44.5 Å². The first-order valence-corrected chi connectivity index (χ1v) is 7.58. The predicted molar refractivity (Wildman–Crippen MR) is 74.1 cm³/mol. The Morgan fingerprint density at radius 3 is 2.50 bits per heavy atom. The maximum Gasteiger partial charge on any atom is 0.320 e. The third-order valence-electron chi connectivity index (χ3n) is 2.45. The Hall–Kier alpha value is -1.60. The highest BCUT2D eigenvalue weighted by molar-refractivity contribution is 7.89. The van der Waals surface area contributed by atoms with Gasteiger partial charge in [0.25, 0.3) is 0 Å². The highest BCUT2D eigenvalue weighted by Crippen LogP contribution is 2.22. The Labute approximate surface area is 119 Å². The molecule has 1 rings (SSSR count). The van der Waals surface area contributed by atoms with E-state index in [9.17, 15) is 13.2 Å². The van der Waals surface area contributed by atoms with Gasteiger partial charge < -0.3 is 9.47 Å². The molecule has 0 heterocycles. The molecular formula is C13H19NO5S. The summed E-state index contributed by atoms with van der Waals surface area (Å²) in [5, 5.41) is 0. The van der Waals surface area contributed by atoms with E-state index in [1.165, 1.54) is 19.2 Å². The fourth-order valence-corrected chi connectivity index (χ4v) is 2.54. The molecule has 0 saturated carbocycles. The van der Waals surface area contributed by atoms with E-state index in [-0.39, 0.29) is 11.0 Å². The molecule has 0 unspecified atom stereocenters. The van der Waals surface area contributed by atoms with Crippen LogP contribution in [0.2, 0.25) is 0 Å². The Balaban J connectivity index is 2.91. The van der Waals surface area contributed by atoms with Gasteiger partial charge in [0, 0.05) is 0 Å². The molecule has 6 nitrogen and oxygen atoms in total. The van der Waals surface area contributed by atoms with Crippen molar-refractivity contribution in [2.24, 2.45) is 0 Å². The third-order valence-corrected chi connectivity index (χ3v) is 3.85. The number of esters is 1. The third kappa shape index (κ3) is 4.50. The minimum atomic E-state index is -3.74. The van der Waals surface area contributed by atoms with Gasteiger partial charge in [0.1, 0.15) is 12.3 Å². The number of aryl methyl sites for hydroxylation is 1. The Morgan fingerprint density at radius 1 is 1.35 bits per heavy atom. The number of sulfonamides is 1. The molecule has 0 radical (unpaired) electrons. The lowest BCUT2D eigenvalue weighted by Crippen LogP contribution is -2.30. The van der Waals surface area contributed by atoms with Crippen LogP contribution in [-0.4, -0.2) is 34.1 Å². The number of hydrogen-bond donors (Lipinski definition) is 1. The van der Waals surface area contributed by atoms with Crippen molar-refractivity contribution in [3.05, 3.63) is 23.8 Å². The van der Waals surface area contributed by atoms with Crippen molar-refractivity contribution in [3.63, 3.8) is 0 Å². The van der Waals surface area contributed by atoms with Crippen LogP contribution in [-0.2, 0) is 19.6 Å². The number of carbonyl (C=O) groups excluding carboxylic acids is 1. The van der Waals surface area contributed by atoms with Crippen LogP contribution >= 0.6 is 0 Å². The summed E-state index contributed by atoms with van der Waals surface area (Å²) in [6.07, 6.45) is 0.00797. The van der Waals surface area contributed by atoms with E-state index in [4.69, 9.17) is 4.74 Å². The van der Waals surface area contributed by atoms with Crippen LogP contribution in [0.15, 0.2) is 23.1 Å². The van der Waals surface area contributed by atoms with Gasteiger partial charge in [0.05, 0.1) is 18.1 Å². The van der Waals surface area contributed by atoms with Gasteiger partial charge in [0.2, 0.25) is 10.0 Å². The largest absolute Gasteiger partial charge is 0.491 e. The second-order valence-electron chi connectivity index (χ2n) is 4.49. The van der Waals surface area contributed by atoms with Crippen molar-refractivity contribution in [3.8, 4) is 5.75 Å². The zero-order valence-electron chi connectivity index (χ0n) is 12.0. The normalized spacial score (nSPS) is 11.4. The van der Waals surface area contributed by atoms with Crippen LogP contribution in [0.25, 0.3) is 0 Å². The molecule has 0 aliphatic heterocycles. The van der Waals surface area contributed by atoms with Crippen LogP contribution in [0.5, 0.6) is 5.75 Å². The van der Waals surface area contributed by atoms with Crippen molar-refractivity contribution in [1.82, 2.24) is 4.72 Å². The first kappa shape index (κ1) is 16.5. The minimum absolute atomic E-state index is 0.00797. The van der Waals surface area contributed by atoms with Crippen LogP contribution in [0.1, 0.15) is 19.4 Å². The first-order valence-electron chi connectivity index (χ1n) is 6.10. The maximum atomic E-state index is 12.0. The van der Waals surface area contributed by atoms with E-state index in [1.807, 2.05) is 13.8 Å². The van der Waals surface area contributed by atoms with Crippen molar-refractivity contribution >= 4 is 16.0 Å². The zero-order chi connectivity index (χ0) is 15.3. The summed E-state index contributed by atoms with van der Waals surface area (Å²) in [6, 6.07) is 4.53. The van der Waals surface area contributed by atoms with Gasteiger partial charge in [0.15, 0.2) is 0 Å². The summed E-state index contributed by atoms with van der Waals surface area (Å²) >= 11 is 0. The van der Waals surface area contributed by atoms with Gasteiger partial charge in [-0.25, -0.2) is 8.42 Å². The fraction of sp³-hybridized carbons (Fsp3) is 0.462. The molecule has 0 aromatic heterocycles. The first-order chi connectivity index (χ1) is 9.26. The van der Waals surface area contributed by atoms with E-state index in [1.54, 1.807) is 13.0 Å². The predicted octanol–water partition coefficient (Wildman–Crippen LogP) is 1.23. The van der Waals surface area contributed by atoms with Gasteiger partial charge in [-0.15, -0.1) is 0 Å². The molecule has 20 heavy (non-hydrogen) atoms. The maximum absolute atomic E-state index is 12.0. The number of rotatable bonds is 6. The summed E-state index contributed by atoms with van der Waals surface area (Å²) in [4.78, 5) is 11.0. The molecule has 0 bridgehead atoms. The second-order valence-corrected chi connectivity index (χ2v) is 6.26. The zero-order valence-corrected chi connectivity index (χ0v) is 12.8. The van der Waals surface area contributed by atoms with E-state index >= 15 is 0 Å². The van der Waals surface area contributed by atoms with Crippen molar-refractivity contribution in [2.45, 2.75) is 31.8 Å². The lowest BCUT2D eigenvalue weighted by atomic mass is 10.2. The Morgan fingerprint density at radius 2 is 2.00 bits per heavy atom. The van der Waals surface area contributed by atoms with E-state index in [0.717, 1.165) is 0 Å². The molecule has 0 saturated heterocycles. The quantitative estimate of drug-likeness (QED) is 0.799. The highest BCUT2D eigenvalue weighted by Gasteiger charge is 2.17. The van der Waals surface area contributed by atoms with Crippen LogP contribution in [0.3, 0.4) is 0 Å². The molecule has 0 spiro atoms. The SMILES string of the molecule is COC(=O)CNS(=O)(=O)c1ccc(OC(C)C)c(C)c1. The monoisotopic (exact) mass is 301 g/mol. The second kappa shape index (κ2) is 6.71. The lowest BCUT2D eigenvalue weighted by Gasteiger charge is -2.13. The molecule has 0 amide bonds. The van der Waals surface area contributed by atoms with Gasteiger partial charge in [-0.1, -0.05) is 0 Å². The molecule has 0 atom stereocenters. The Kier molecular flexibility index (Phi) is 5.52. The molecule has 112 valence electrons. The lowest BCUT2D eigenvalue weighted by molar-refractivity contribution is -0.139. The summed E-state index contributed by atoms with van der Waals surface area (Å²) in [6.45, 7) is 5.14. The molecular weight excluding hydrogens is 282 g/mol. The number of ether oxygens (including phenoxy) is 2. The summed E-state index contributed by atoms with van der Waals surface area (Å²) in [5.41, 5.74) is 0.708. The smallest absolute Gasteiger partial charge is 0.320 e. The molecule has 7 heteroatoms. The number of hydrogen-bond acceptors (Lipinski definition) is 5. The fourth-order valence-electron chi connectivity index (χ4n) is 1.48. The van der Waals surface area contributed by atoms with E-state index < -0.39 is 22.5 Å². The number of carbonyl (C=O) groups is 1. The van der Waals surface area contributed by atoms with Gasteiger partial charge >= 0.3 is 5.97 Å². The number of nitrogens with one attached hydrogen (secondary N) is 1. The number of methoxy groups -OCH3 is 1.